The molecule has 0 saturated heterocycles. The highest BCUT2D eigenvalue weighted by atomic mass is 32.2. The molecule has 0 saturated carbocycles. The molecule has 0 radical (unpaired) electrons. The van der Waals surface area contributed by atoms with Crippen LogP contribution >= 0.6 is 23.3 Å². The molecule has 9 heteroatoms. The number of nitro groups is 1. The Morgan fingerprint density at radius 1 is 1.58 bits per heavy atom. The van der Waals surface area contributed by atoms with Gasteiger partial charge in [-0.15, -0.1) is 0 Å². The van der Waals surface area contributed by atoms with E-state index < -0.39 is 4.92 Å². The molecule has 0 amide bonds. The molecule has 0 aliphatic heterocycles. The van der Waals surface area contributed by atoms with Crippen molar-refractivity contribution in [1.82, 2.24) is 9.36 Å². The number of nitrogens with one attached hydrogen (secondary N) is 1. The van der Waals surface area contributed by atoms with Gasteiger partial charge < -0.3 is 5.43 Å². The third kappa shape index (κ3) is 3.19. The summed E-state index contributed by atoms with van der Waals surface area (Å²) in [5, 5.41) is 10.9. The van der Waals surface area contributed by atoms with Gasteiger partial charge >= 0.3 is 0 Å². The molecule has 0 bridgehead atoms. The number of para-hydroxylation sites is 1. The Morgan fingerprint density at radius 3 is 2.95 bits per heavy atom. The van der Waals surface area contributed by atoms with Crippen LogP contribution in [0.25, 0.3) is 0 Å². The Labute approximate surface area is 117 Å². The van der Waals surface area contributed by atoms with Crippen LogP contribution in [0.5, 0.6) is 0 Å². The van der Waals surface area contributed by atoms with Gasteiger partial charge in [-0.25, -0.2) is 4.98 Å². The number of nitrogen functional groups attached to an aromatic ring is 1. The molecule has 100 valence electrons. The Kier molecular flexibility index (Phi) is 4.30. The van der Waals surface area contributed by atoms with Crippen LogP contribution in [0, 0.1) is 17.0 Å². The molecule has 0 aliphatic carbocycles. The molecule has 19 heavy (non-hydrogen) atoms. The van der Waals surface area contributed by atoms with Crippen molar-refractivity contribution >= 4 is 34.7 Å². The summed E-state index contributed by atoms with van der Waals surface area (Å²) in [4.78, 5) is 14.7. The Morgan fingerprint density at radius 2 is 2.37 bits per heavy atom. The lowest BCUT2D eigenvalue weighted by atomic mass is 10.2. The van der Waals surface area contributed by atoms with E-state index in [1.165, 1.54) is 29.4 Å². The van der Waals surface area contributed by atoms with Crippen molar-refractivity contribution < 1.29 is 4.92 Å². The van der Waals surface area contributed by atoms with Crippen LogP contribution in [0.3, 0.4) is 0 Å². The topological polar surface area (TPSA) is 107 Å². The maximum Gasteiger partial charge on any atom is 0.293 e. The van der Waals surface area contributed by atoms with Gasteiger partial charge in [0.2, 0.25) is 0 Å². The summed E-state index contributed by atoms with van der Waals surface area (Å²) in [5.41, 5.74) is 3.46. The predicted octanol–water partition coefficient (Wildman–Crippen LogP) is 2.33. The van der Waals surface area contributed by atoms with Crippen molar-refractivity contribution in [2.45, 2.75) is 17.0 Å². The average molecular weight is 297 g/mol. The number of hydrazine groups is 1. The first-order valence-electron chi connectivity index (χ1n) is 5.28. The minimum Gasteiger partial charge on any atom is -0.318 e. The number of rotatable bonds is 5. The normalized spacial score (nSPS) is 10.4. The Balaban J connectivity index is 2.20. The first-order valence-corrected chi connectivity index (χ1v) is 7.03. The molecule has 0 aliphatic rings. The van der Waals surface area contributed by atoms with Gasteiger partial charge in [-0.3, -0.25) is 16.0 Å². The molecule has 3 N–H and O–H groups in total. The fourth-order valence-corrected chi connectivity index (χ4v) is 3.14. The van der Waals surface area contributed by atoms with Gasteiger partial charge in [-0.2, -0.15) is 4.37 Å². The lowest BCUT2D eigenvalue weighted by Crippen LogP contribution is -2.11. The van der Waals surface area contributed by atoms with Crippen molar-refractivity contribution in [3.05, 3.63) is 39.7 Å². The smallest absolute Gasteiger partial charge is 0.293 e. The number of aryl methyl sites for hydroxylation is 1. The van der Waals surface area contributed by atoms with E-state index in [0.29, 0.717) is 11.4 Å². The summed E-state index contributed by atoms with van der Waals surface area (Å²) in [6.45, 7) is 1.82. The van der Waals surface area contributed by atoms with Crippen molar-refractivity contribution in [2.75, 3.05) is 5.43 Å². The number of benzene rings is 1. The van der Waals surface area contributed by atoms with Gasteiger partial charge in [-0.05, 0) is 24.0 Å². The molecule has 0 fully saturated rings. The monoisotopic (exact) mass is 297 g/mol. The largest absolute Gasteiger partial charge is 0.318 e. The fraction of sp³-hybridized carbons (Fsp3) is 0.200. The van der Waals surface area contributed by atoms with Gasteiger partial charge in [0.25, 0.3) is 5.69 Å². The Bertz CT molecular complexity index is 601. The quantitative estimate of drug-likeness (QED) is 0.377. The summed E-state index contributed by atoms with van der Waals surface area (Å²) >= 11 is 2.78. The zero-order valence-corrected chi connectivity index (χ0v) is 11.6. The number of hydrogen-bond donors (Lipinski definition) is 2. The number of anilines is 1. The zero-order valence-electron chi connectivity index (χ0n) is 9.99. The molecular weight excluding hydrogens is 286 g/mol. The summed E-state index contributed by atoms with van der Waals surface area (Å²) in [7, 11) is 0. The predicted molar refractivity (Wildman–Crippen MR) is 75.1 cm³/mol. The molecule has 1 aromatic heterocycles. The minimum atomic E-state index is -0.460. The van der Waals surface area contributed by atoms with Crippen LogP contribution < -0.4 is 11.3 Å². The van der Waals surface area contributed by atoms with E-state index in [1.54, 1.807) is 12.1 Å². The van der Waals surface area contributed by atoms with Gasteiger partial charge in [-0.1, -0.05) is 23.9 Å². The molecule has 1 heterocycles. The highest BCUT2D eigenvalue weighted by Gasteiger charge is 2.16. The summed E-state index contributed by atoms with van der Waals surface area (Å²) in [6, 6.07) is 4.85. The molecule has 0 unspecified atom stereocenters. The molecule has 1 aromatic carbocycles. The lowest BCUT2D eigenvalue weighted by molar-refractivity contribution is -0.384. The fourth-order valence-electron chi connectivity index (χ4n) is 1.50. The van der Waals surface area contributed by atoms with Gasteiger partial charge in [0.15, 0.2) is 4.34 Å². The van der Waals surface area contributed by atoms with Crippen molar-refractivity contribution in [3.63, 3.8) is 0 Å². The third-order valence-electron chi connectivity index (χ3n) is 2.33. The average Bonchev–Trinajstić information content (AvgIpc) is 2.81. The SMILES string of the molecule is Cc1nsc(SCc2cccc([N+](=O)[O-])c2NN)n1. The van der Waals surface area contributed by atoms with Crippen LogP contribution in [0.1, 0.15) is 11.4 Å². The van der Waals surface area contributed by atoms with Crippen LogP contribution in [0.15, 0.2) is 22.5 Å². The van der Waals surface area contributed by atoms with E-state index >= 15 is 0 Å². The van der Waals surface area contributed by atoms with E-state index in [2.05, 4.69) is 14.8 Å². The standard InChI is InChI=1S/C10H11N5O2S2/c1-6-12-10(19-14-6)18-5-7-3-2-4-8(15(16)17)9(7)13-11/h2-4,13H,5,11H2,1H3. The molecule has 0 spiro atoms. The van der Waals surface area contributed by atoms with E-state index in [1.807, 2.05) is 6.92 Å². The van der Waals surface area contributed by atoms with Crippen LogP contribution in [0.2, 0.25) is 0 Å². The van der Waals surface area contributed by atoms with E-state index in [0.717, 1.165) is 15.7 Å². The summed E-state index contributed by atoms with van der Waals surface area (Å²) < 4.78 is 4.90. The number of hydrogen-bond acceptors (Lipinski definition) is 8. The van der Waals surface area contributed by atoms with Crippen LogP contribution in [0.4, 0.5) is 11.4 Å². The number of nitrogens with two attached hydrogens (primary N) is 1. The van der Waals surface area contributed by atoms with E-state index in [9.17, 15) is 10.1 Å². The number of thioether (sulfide) groups is 1. The first-order chi connectivity index (χ1) is 9.11. The maximum atomic E-state index is 10.9. The van der Waals surface area contributed by atoms with E-state index in [4.69, 9.17) is 5.84 Å². The molecule has 2 aromatic rings. The van der Waals surface area contributed by atoms with Crippen LogP contribution in [-0.2, 0) is 5.75 Å². The van der Waals surface area contributed by atoms with Gasteiger partial charge in [0.1, 0.15) is 11.5 Å². The van der Waals surface area contributed by atoms with Gasteiger partial charge in [0.05, 0.1) is 4.92 Å². The van der Waals surface area contributed by atoms with Gasteiger partial charge in [0, 0.05) is 11.8 Å². The van der Waals surface area contributed by atoms with Crippen molar-refractivity contribution in [1.29, 1.82) is 0 Å². The second-order valence-corrected chi connectivity index (χ2v) is 5.58. The molecular formula is C10H11N5O2S2. The molecule has 2 rings (SSSR count). The second-order valence-electron chi connectivity index (χ2n) is 3.61. The highest BCUT2D eigenvalue weighted by molar-refractivity contribution is 8.00. The summed E-state index contributed by atoms with van der Waals surface area (Å²) in [6.07, 6.45) is 0. The minimum absolute atomic E-state index is 0.0333. The maximum absolute atomic E-state index is 10.9. The Hall–Kier alpha value is -1.71. The second kappa shape index (κ2) is 5.95. The highest BCUT2D eigenvalue weighted by Crippen LogP contribution is 2.32. The number of nitrogens with zero attached hydrogens (tertiary/aromatic N) is 3. The zero-order chi connectivity index (χ0) is 13.8. The molecule has 0 atom stereocenters. The van der Waals surface area contributed by atoms with Crippen molar-refractivity contribution in [3.8, 4) is 0 Å². The summed E-state index contributed by atoms with van der Waals surface area (Å²) in [5.74, 6) is 6.64. The van der Waals surface area contributed by atoms with E-state index in [-0.39, 0.29) is 5.69 Å². The molecule has 7 nitrogen and oxygen atoms in total. The number of nitro benzene ring substituents is 1. The third-order valence-corrected chi connectivity index (χ3v) is 4.30. The first kappa shape index (κ1) is 13.7. The number of aromatic nitrogens is 2. The lowest BCUT2D eigenvalue weighted by Gasteiger charge is -2.07. The van der Waals surface area contributed by atoms with Crippen LogP contribution in [-0.4, -0.2) is 14.3 Å². The van der Waals surface area contributed by atoms with Crippen molar-refractivity contribution in [2.24, 2.45) is 5.84 Å².